The molecule has 0 bridgehead atoms. The zero-order chi connectivity index (χ0) is 14.1. The molecule has 1 nitrogen and oxygen atoms in total. The van der Waals surface area contributed by atoms with Crippen molar-refractivity contribution in [3.05, 3.63) is 69.3 Å². The summed E-state index contributed by atoms with van der Waals surface area (Å²) >= 11 is 5.26. The van der Waals surface area contributed by atoms with Crippen LogP contribution in [-0.2, 0) is 6.42 Å². The van der Waals surface area contributed by atoms with E-state index in [-0.39, 0.29) is 11.9 Å². The zero-order valence-electron chi connectivity index (χ0n) is 10.6. The lowest BCUT2D eigenvalue weighted by atomic mass is 9.99. The van der Waals surface area contributed by atoms with Crippen LogP contribution in [0.5, 0.6) is 0 Å². The van der Waals surface area contributed by atoms with E-state index in [1.807, 2.05) is 12.1 Å². The van der Waals surface area contributed by atoms with E-state index in [1.165, 1.54) is 22.2 Å². The average Bonchev–Trinajstić information content (AvgIpc) is 2.87. The Morgan fingerprint density at radius 3 is 2.65 bits per heavy atom. The molecule has 4 heteroatoms. The van der Waals surface area contributed by atoms with Crippen molar-refractivity contribution >= 4 is 37.4 Å². The van der Waals surface area contributed by atoms with Crippen LogP contribution in [0.3, 0.4) is 0 Å². The Balaban J connectivity index is 1.91. The Morgan fingerprint density at radius 2 is 1.90 bits per heavy atom. The summed E-state index contributed by atoms with van der Waals surface area (Å²) in [6.45, 7) is 0. The monoisotopic (exact) mass is 349 g/mol. The minimum Gasteiger partial charge on any atom is -0.324 e. The van der Waals surface area contributed by atoms with Gasteiger partial charge in [-0.05, 0) is 62.4 Å². The molecule has 3 rings (SSSR count). The summed E-state index contributed by atoms with van der Waals surface area (Å²) in [6, 6.07) is 12.6. The molecule has 0 radical (unpaired) electrons. The molecule has 0 spiro atoms. The molecule has 0 aliphatic rings. The van der Waals surface area contributed by atoms with E-state index in [4.69, 9.17) is 5.73 Å². The minimum atomic E-state index is -0.216. The second-order valence-electron chi connectivity index (χ2n) is 4.74. The molecule has 0 fully saturated rings. The Labute approximate surface area is 129 Å². The standard InChI is InChI=1S/C16H13BrFNS/c17-14-3-1-2-12-13(9-20-16(12)14)15(19)8-10-4-6-11(18)7-5-10/h1-7,9,15H,8,19H2. The fourth-order valence-corrected chi connectivity index (χ4v) is 4.00. The lowest BCUT2D eigenvalue weighted by molar-refractivity contribution is 0.625. The fraction of sp³-hybridized carbons (Fsp3) is 0.125. The molecule has 1 aromatic heterocycles. The van der Waals surface area contributed by atoms with Gasteiger partial charge in [0.25, 0.3) is 0 Å². The van der Waals surface area contributed by atoms with E-state index in [2.05, 4.69) is 27.4 Å². The van der Waals surface area contributed by atoms with Gasteiger partial charge in [0.15, 0.2) is 0 Å². The third-order valence-corrected chi connectivity index (χ3v) is 5.32. The highest BCUT2D eigenvalue weighted by Crippen LogP contribution is 2.35. The molecule has 2 N–H and O–H groups in total. The maximum Gasteiger partial charge on any atom is 0.123 e. The van der Waals surface area contributed by atoms with Crippen molar-refractivity contribution in [2.45, 2.75) is 12.5 Å². The van der Waals surface area contributed by atoms with Crippen molar-refractivity contribution in [2.24, 2.45) is 5.73 Å². The number of hydrogen-bond donors (Lipinski definition) is 1. The molecule has 102 valence electrons. The summed E-state index contributed by atoms with van der Waals surface area (Å²) in [7, 11) is 0. The molecule has 1 unspecified atom stereocenters. The van der Waals surface area contributed by atoms with Crippen LogP contribution in [-0.4, -0.2) is 0 Å². The van der Waals surface area contributed by atoms with Crippen LogP contribution in [0.15, 0.2) is 52.3 Å². The van der Waals surface area contributed by atoms with Crippen molar-refractivity contribution < 1.29 is 4.39 Å². The number of benzene rings is 2. The minimum absolute atomic E-state index is 0.0801. The summed E-state index contributed by atoms with van der Waals surface area (Å²) in [5, 5.41) is 3.31. The predicted octanol–water partition coefficient (Wildman–Crippen LogP) is 5.05. The first kappa shape index (κ1) is 13.7. The summed E-state index contributed by atoms with van der Waals surface area (Å²) in [5.74, 6) is -0.216. The number of halogens is 2. The van der Waals surface area contributed by atoms with E-state index in [0.29, 0.717) is 6.42 Å². The largest absolute Gasteiger partial charge is 0.324 e. The topological polar surface area (TPSA) is 26.0 Å². The third kappa shape index (κ3) is 2.64. The van der Waals surface area contributed by atoms with Crippen LogP contribution < -0.4 is 5.73 Å². The lowest BCUT2D eigenvalue weighted by Crippen LogP contribution is -2.12. The van der Waals surface area contributed by atoms with Crippen LogP contribution in [0.1, 0.15) is 17.2 Å². The van der Waals surface area contributed by atoms with E-state index in [9.17, 15) is 4.39 Å². The Morgan fingerprint density at radius 1 is 1.15 bits per heavy atom. The van der Waals surface area contributed by atoms with Crippen LogP contribution >= 0.6 is 27.3 Å². The SMILES string of the molecule is NC(Cc1ccc(F)cc1)c1csc2c(Br)cccc12. The van der Waals surface area contributed by atoms with Crippen molar-refractivity contribution in [3.8, 4) is 0 Å². The maximum atomic E-state index is 12.9. The van der Waals surface area contributed by atoms with Crippen LogP contribution in [0.2, 0.25) is 0 Å². The number of rotatable bonds is 3. The van der Waals surface area contributed by atoms with Gasteiger partial charge in [-0.25, -0.2) is 4.39 Å². The van der Waals surface area contributed by atoms with Crippen LogP contribution in [0.4, 0.5) is 4.39 Å². The number of thiophene rings is 1. The van der Waals surface area contributed by atoms with Crippen molar-refractivity contribution in [2.75, 3.05) is 0 Å². The first-order chi connectivity index (χ1) is 9.65. The zero-order valence-corrected chi connectivity index (χ0v) is 13.0. The Kier molecular flexibility index (Phi) is 3.87. The molecular weight excluding hydrogens is 337 g/mol. The Hall–Kier alpha value is -1.23. The van der Waals surface area contributed by atoms with Crippen LogP contribution in [0, 0.1) is 5.82 Å². The van der Waals surface area contributed by atoms with Gasteiger partial charge in [0.1, 0.15) is 5.82 Å². The smallest absolute Gasteiger partial charge is 0.123 e. The van der Waals surface area contributed by atoms with Gasteiger partial charge in [0, 0.05) is 15.2 Å². The lowest BCUT2D eigenvalue weighted by Gasteiger charge is -2.11. The second-order valence-corrected chi connectivity index (χ2v) is 6.48. The number of nitrogens with two attached hydrogens (primary N) is 1. The highest BCUT2D eigenvalue weighted by molar-refractivity contribution is 9.10. The van der Waals surface area contributed by atoms with Gasteiger partial charge in [0.05, 0.1) is 0 Å². The summed E-state index contributed by atoms with van der Waals surface area (Å²) in [4.78, 5) is 0. The summed E-state index contributed by atoms with van der Waals surface area (Å²) in [5.41, 5.74) is 8.52. The van der Waals surface area contributed by atoms with E-state index < -0.39 is 0 Å². The molecule has 0 saturated carbocycles. The van der Waals surface area contributed by atoms with Crippen LogP contribution in [0.25, 0.3) is 10.1 Å². The quantitative estimate of drug-likeness (QED) is 0.703. The van der Waals surface area contributed by atoms with Gasteiger partial charge in [0.2, 0.25) is 0 Å². The summed E-state index contributed by atoms with van der Waals surface area (Å²) in [6.07, 6.45) is 0.707. The molecular formula is C16H13BrFNS. The molecule has 3 aromatic rings. The maximum absolute atomic E-state index is 12.9. The molecule has 0 saturated heterocycles. The van der Waals surface area contributed by atoms with Gasteiger partial charge < -0.3 is 5.73 Å². The first-order valence-electron chi connectivity index (χ1n) is 6.31. The third-order valence-electron chi connectivity index (χ3n) is 3.35. The van der Waals surface area contributed by atoms with Crippen molar-refractivity contribution in [1.29, 1.82) is 0 Å². The second kappa shape index (κ2) is 5.64. The molecule has 20 heavy (non-hydrogen) atoms. The Bertz CT molecular complexity index is 736. The summed E-state index contributed by atoms with van der Waals surface area (Å²) < 4.78 is 15.2. The highest BCUT2D eigenvalue weighted by atomic mass is 79.9. The van der Waals surface area contributed by atoms with E-state index in [0.717, 1.165) is 15.6 Å². The number of fused-ring (bicyclic) bond motifs is 1. The van der Waals surface area contributed by atoms with Gasteiger partial charge in [-0.3, -0.25) is 0 Å². The van der Waals surface area contributed by atoms with Gasteiger partial charge in [-0.15, -0.1) is 11.3 Å². The van der Waals surface area contributed by atoms with Crippen molar-refractivity contribution in [3.63, 3.8) is 0 Å². The molecule has 0 aliphatic heterocycles. The normalized spacial score (nSPS) is 12.8. The molecule has 1 heterocycles. The molecule has 1 atom stereocenters. The molecule has 0 aliphatic carbocycles. The van der Waals surface area contributed by atoms with Gasteiger partial charge in [-0.1, -0.05) is 24.3 Å². The predicted molar refractivity (Wildman–Crippen MR) is 86.6 cm³/mol. The molecule has 0 amide bonds. The highest BCUT2D eigenvalue weighted by Gasteiger charge is 2.13. The molecule has 2 aromatic carbocycles. The van der Waals surface area contributed by atoms with Gasteiger partial charge >= 0.3 is 0 Å². The van der Waals surface area contributed by atoms with E-state index in [1.54, 1.807) is 23.5 Å². The van der Waals surface area contributed by atoms with E-state index >= 15 is 0 Å². The first-order valence-corrected chi connectivity index (χ1v) is 7.98. The fourth-order valence-electron chi connectivity index (χ4n) is 2.31. The average molecular weight is 350 g/mol. The van der Waals surface area contributed by atoms with Gasteiger partial charge in [-0.2, -0.15) is 0 Å². The number of hydrogen-bond acceptors (Lipinski definition) is 2. The van der Waals surface area contributed by atoms with Crippen molar-refractivity contribution in [1.82, 2.24) is 0 Å².